The maximum Gasteiger partial charge on any atom is 0.220 e. The zero-order valence-electron chi connectivity index (χ0n) is 30.1. The SMILES string of the molecule is CC/C=C\C/C=C\CC(O)/C=C/C=C\C/C=C\C/C=C\CCC(=O)N[C@@H](CO)[C@H](O)/C=C/CCCCCCCCCCCCCCC. The summed E-state index contributed by atoms with van der Waals surface area (Å²) in [7, 11) is 0. The molecule has 0 saturated carbocycles. The van der Waals surface area contributed by atoms with Gasteiger partial charge in [-0.25, -0.2) is 0 Å². The number of allylic oxidation sites excluding steroid dienone is 11. The van der Waals surface area contributed by atoms with E-state index in [0.29, 0.717) is 19.3 Å². The average molecular weight is 654 g/mol. The zero-order chi connectivity index (χ0) is 34.5. The van der Waals surface area contributed by atoms with Gasteiger partial charge in [0.25, 0.3) is 0 Å². The Morgan fingerprint density at radius 2 is 1.15 bits per heavy atom. The first-order valence-corrected chi connectivity index (χ1v) is 18.9. The topological polar surface area (TPSA) is 89.8 Å². The first kappa shape index (κ1) is 44.5. The van der Waals surface area contributed by atoms with Crippen LogP contribution in [-0.2, 0) is 4.79 Å². The minimum absolute atomic E-state index is 0.170. The molecule has 0 aliphatic rings. The van der Waals surface area contributed by atoms with Crippen molar-refractivity contribution in [3.63, 3.8) is 0 Å². The number of carbonyl (C=O) groups is 1. The van der Waals surface area contributed by atoms with Crippen molar-refractivity contribution in [3.05, 3.63) is 85.1 Å². The molecule has 0 aliphatic carbocycles. The molecule has 4 N–H and O–H groups in total. The van der Waals surface area contributed by atoms with Gasteiger partial charge in [-0.1, -0.05) is 176 Å². The van der Waals surface area contributed by atoms with E-state index in [-0.39, 0.29) is 12.5 Å². The third-order valence-corrected chi connectivity index (χ3v) is 7.98. The number of nitrogens with one attached hydrogen (secondary N) is 1. The summed E-state index contributed by atoms with van der Waals surface area (Å²) in [5.74, 6) is -0.170. The Labute approximate surface area is 289 Å². The molecule has 0 aromatic heterocycles. The van der Waals surface area contributed by atoms with Crippen molar-refractivity contribution in [1.29, 1.82) is 0 Å². The lowest BCUT2D eigenvalue weighted by Gasteiger charge is -2.19. The molecule has 0 fully saturated rings. The van der Waals surface area contributed by atoms with Gasteiger partial charge < -0.3 is 20.6 Å². The number of carbonyl (C=O) groups excluding carboxylic acids is 1. The van der Waals surface area contributed by atoms with E-state index >= 15 is 0 Å². The molecule has 1 unspecified atom stereocenters. The Morgan fingerprint density at radius 1 is 0.596 bits per heavy atom. The van der Waals surface area contributed by atoms with Crippen molar-refractivity contribution in [3.8, 4) is 0 Å². The average Bonchev–Trinajstić information content (AvgIpc) is 3.07. The van der Waals surface area contributed by atoms with Crippen LogP contribution in [0.5, 0.6) is 0 Å². The van der Waals surface area contributed by atoms with Crippen LogP contribution in [0.25, 0.3) is 0 Å². The molecule has 1 amide bonds. The van der Waals surface area contributed by atoms with Crippen LogP contribution in [0.15, 0.2) is 85.1 Å². The molecule has 0 radical (unpaired) electrons. The van der Waals surface area contributed by atoms with Crippen molar-refractivity contribution in [2.75, 3.05) is 6.61 Å². The molecular formula is C42H71NO4. The van der Waals surface area contributed by atoms with Crippen LogP contribution in [0.2, 0.25) is 0 Å². The van der Waals surface area contributed by atoms with Crippen LogP contribution >= 0.6 is 0 Å². The highest BCUT2D eigenvalue weighted by atomic mass is 16.3. The van der Waals surface area contributed by atoms with Gasteiger partial charge in [0.1, 0.15) is 0 Å². The number of aliphatic hydroxyl groups is 3. The predicted octanol–water partition coefficient (Wildman–Crippen LogP) is 10.3. The van der Waals surface area contributed by atoms with Gasteiger partial charge in [0, 0.05) is 6.42 Å². The van der Waals surface area contributed by atoms with Crippen LogP contribution in [0.1, 0.15) is 149 Å². The van der Waals surface area contributed by atoms with Gasteiger partial charge in [-0.3, -0.25) is 4.79 Å². The maximum absolute atomic E-state index is 12.3. The molecule has 0 spiro atoms. The Balaban J connectivity index is 3.88. The summed E-state index contributed by atoms with van der Waals surface area (Å²) < 4.78 is 0. The van der Waals surface area contributed by atoms with Crippen LogP contribution in [0.4, 0.5) is 0 Å². The predicted molar refractivity (Wildman–Crippen MR) is 203 cm³/mol. The second-order valence-electron chi connectivity index (χ2n) is 12.5. The highest BCUT2D eigenvalue weighted by Gasteiger charge is 2.17. The first-order valence-electron chi connectivity index (χ1n) is 18.9. The number of amides is 1. The van der Waals surface area contributed by atoms with Gasteiger partial charge in [-0.05, 0) is 51.4 Å². The fraction of sp³-hybridized carbons (Fsp3) is 0.643. The highest BCUT2D eigenvalue weighted by molar-refractivity contribution is 5.76. The van der Waals surface area contributed by atoms with E-state index in [1.54, 1.807) is 12.2 Å². The van der Waals surface area contributed by atoms with Crippen LogP contribution in [0, 0.1) is 0 Å². The molecule has 0 aliphatic heterocycles. The summed E-state index contributed by atoms with van der Waals surface area (Å²) in [6, 6.07) is -0.682. The molecular weight excluding hydrogens is 582 g/mol. The normalized spacial score (nSPS) is 14.7. The Kier molecular flexibility index (Phi) is 34.5. The van der Waals surface area contributed by atoms with Gasteiger partial charge in [-0.15, -0.1) is 0 Å². The summed E-state index contributed by atoms with van der Waals surface area (Å²) >= 11 is 0. The van der Waals surface area contributed by atoms with Gasteiger partial charge in [0.05, 0.1) is 24.9 Å². The molecule has 5 nitrogen and oxygen atoms in total. The quantitative estimate of drug-likeness (QED) is 0.0330. The fourth-order valence-electron chi connectivity index (χ4n) is 5.05. The Morgan fingerprint density at radius 3 is 1.77 bits per heavy atom. The molecule has 268 valence electrons. The smallest absolute Gasteiger partial charge is 0.220 e. The molecule has 3 atom stereocenters. The summed E-state index contributed by atoms with van der Waals surface area (Å²) in [4.78, 5) is 12.3. The van der Waals surface area contributed by atoms with Crippen molar-refractivity contribution in [2.45, 2.75) is 167 Å². The number of hydrogen-bond donors (Lipinski definition) is 4. The van der Waals surface area contributed by atoms with Crippen LogP contribution < -0.4 is 5.32 Å². The largest absolute Gasteiger partial charge is 0.394 e. The summed E-state index contributed by atoms with van der Waals surface area (Å²) in [5.41, 5.74) is 0. The molecule has 5 heteroatoms. The highest BCUT2D eigenvalue weighted by Crippen LogP contribution is 2.13. The third kappa shape index (κ3) is 33.2. The number of hydrogen-bond acceptors (Lipinski definition) is 4. The van der Waals surface area contributed by atoms with Gasteiger partial charge in [-0.2, -0.15) is 0 Å². The second kappa shape index (κ2) is 36.4. The van der Waals surface area contributed by atoms with E-state index in [9.17, 15) is 20.1 Å². The van der Waals surface area contributed by atoms with Gasteiger partial charge in [0.15, 0.2) is 0 Å². The van der Waals surface area contributed by atoms with Crippen molar-refractivity contribution in [2.24, 2.45) is 0 Å². The minimum atomic E-state index is -0.888. The molecule has 0 saturated heterocycles. The molecule has 0 bridgehead atoms. The Hall–Kier alpha value is -2.47. The summed E-state index contributed by atoms with van der Waals surface area (Å²) in [6.07, 6.45) is 49.9. The number of aliphatic hydroxyl groups excluding tert-OH is 3. The first-order chi connectivity index (χ1) is 23.0. The molecule has 0 aromatic carbocycles. The zero-order valence-corrected chi connectivity index (χ0v) is 30.1. The van der Waals surface area contributed by atoms with Gasteiger partial charge >= 0.3 is 0 Å². The van der Waals surface area contributed by atoms with Gasteiger partial charge in [0.2, 0.25) is 5.91 Å². The van der Waals surface area contributed by atoms with E-state index < -0.39 is 18.2 Å². The third-order valence-electron chi connectivity index (χ3n) is 7.98. The van der Waals surface area contributed by atoms with E-state index in [2.05, 4.69) is 49.5 Å². The Bertz CT molecular complexity index is 898. The minimum Gasteiger partial charge on any atom is -0.394 e. The lowest BCUT2D eigenvalue weighted by molar-refractivity contribution is -0.122. The summed E-state index contributed by atoms with van der Waals surface area (Å²) in [5, 5.41) is 32.8. The van der Waals surface area contributed by atoms with Crippen molar-refractivity contribution >= 4 is 5.91 Å². The second-order valence-corrected chi connectivity index (χ2v) is 12.5. The van der Waals surface area contributed by atoms with Crippen molar-refractivity contribution < 1.29 is 20.1 Å². The molecule has 0 aromatic rings. The maximum atomic E-state index is 12.3. The van der Waals surface area contributed by atoms with Crippen LogP contribution in [-0.4, -0.2) is 46.1 Å². The van der Waals surface area contributed by atoms with Crippen LogP contribution in [0.3, 0.4) is 0 Å². The lowest BCUT2D eigenvalue weighted by Crippen LogP contribution is -2.45. The van der Waals surface area contributed by atoms with E-state index in [4.69, 9.17) is 0 Å². The molecule has 0 heterocycles. The van der Waals surface area contributed by atoms with E-state index in [1.165, 1.54) is 77.0 Å². The fourth-order valence-corrected chi connectivity index (χ4v) is 5.05. The molecule has 47 heavy (non-hydrogen) atoms. The number of unbranched alkanes of at least 4 members (excludes halogenated alkanes) is 13. The standard InChI is InChI=1S/C42H71NO4/c1-3-5-7-9-11-12-13-14-15-16-17-21-24-28-32-36-41(46)40(38-44)43-42(47)37-33-29-25-22-19-18-20-23-27-31-35-39(45)34-30-26-10-8-6-4-2/h6,8,18-19,23,25-27,29-32,35-36,39-41,44-46H,3-5,7,9-17,20-22,24,28,33-34,37-38H2,1-2H3,(H,43,47)/b8-6-,19-18-,27-23-,29-25-,30-26-,35-31+,36-32+/t39?,40-,41+/m0/s1. The monoisotopic (exact) mass is 654 g/mol. The van der Waals surface area contributed by atoms with Crippen molar-refractivity contribution in [1.82, 2.24) is 5.32 Å². The molecule has 0 rings (SSSR count). The summed E-state index contributed by atoms with van der Waals surface area (Å²) in [6.45, 7) is 4.09. The number of rotatable bonds is 32. The van der Waals surface area contributed by atoms with E-state index in [0.717, 1.165) is 38.5 Å². The van der Waals surface area contributed by atoms with E-state index in [1.807, 2.05) is 42.5 Å². The lowest BCUT2D eigenvalue weighted by atomic mass is 10.0.